The smallest absolute Gasteiger partial charge is 0.263 e. The summed E-state index contributed by atoms with van der Waals surface area (Å²) < 4.78 is 0. The summed E-state index contributed by atoms with van der Waals surface area (Å²) in [6.07, 6.45) is 8.61. The zero-order valence-corrected chi connectivity index (χ0v) is 10.9. The van der Waals surface area contributed by atoms with Gasteiger partial charge in [-0.1, -0.05) is 32.1 Å². The van der Waals surface area contributed by atoms with Crippen LogP contribution >= 0.6 is 11.3 Å². The number of nitrogens with one attached hydrogen (secondary N) is 1. The van der Waals surface area contributed by atoms with Gasteiger partial charge in [-0.3, -0.25) is 4.79 Å². The molecule has 3 nitrogen and oxygen atoms in total. The Labute approximate surface area is 106 Å². The number of hydrogen-bond acceptors (Lipinski definition) is 3. The van der Waals surface area contributed by atoms with Crippen LogP contribution in [-0.4, -0.2) is 11.9 Å². The molecule has 17 heavy (non-hydrogen) atoms. The van der Waals surface area contributed by atoms with Crippen molar-refractivity contribution in [2.75, 3.05) is 5.73 Å². The molecule has 2 rings (SSSR count). The zero-order chi connectivity index (χ0) is 12.1. The Kier molecular flexibility index (Phi) is 4.42. The molecule has 3 N–H and O–H groups in total. The molecule has 0 radical (unpaired) electrons. The summed E-state index contributed by atoms with van der Waals surface area (Å²) in [5.41, 5.74) is 6.35. The van der Waals surface area contributed by atoms with Gasteiger partial charge in [0.15, 0.2) is 0 Å². The fraction of sp³-hybridized carbons (Fsp3) is 0.615. The van der Waals surface area contributed by atoms with Gasteiger partial charge in [-0.25, -0.2) is 0 Å². The molecule has 0 aliphatic heterocycles. The highest BCUT2D eigenvalue weighted by molar-refractivity contribution is 7.12. The minimum Gasteiger partial charge on any atom is -0.397 e. The summed E-state index contributed by atoms with van der Waals surface area (Å²) in [7, 11) is 0. The van der Waals surface area contributed by atoms with Crippen LogP contribution in [0.1, 0.15) is 54.6 Å². The molecule has 4 heteroatoms. The van der Waals surface area contributed by atoms with Crippen LogP contribution in [0.15, 0.2) is 11.4 Å². The van der Waals surface area contributed by atoms with Gasteiger partial charge in [0.2, 0.25) is 0 Å². The molecule has 0 aromatic carbocycles. The van der Waals surface area contributed by atoms with E-state index in [1.165, 1.54) is 43.4 Å². The normalized spacial score (nSPS) is 18.4. The van der Waals surface area contributed by atoms with Crippen LogP contribution in [0, 0.1) is 0 Å². The van der Waals surface area contributed by atoms with Crippen molar-refractivity contribution in [3.8, 4) is 0 Å². The molecule has 94 valence electrons. The number of carbonyl (C=O) groups excluding carboxylic acids is 1. The van der Waals surface area contributed by atoms with Crippen LogP contribution in [-0.2, 0) is 0 Å². The monoisotopic (exact) mass is 252 g/mol. The van der Waals surface area contributed by atoms with Gasteiger partial charge in [-0.15, -0.1) is 11.3 Å². The number of carbonyl (C=O) groups is 1. The maximum absolute atomic E-state index is 12.0. The number of rotatable bonds is 2. The summed E-state index contributed by atoms with van der Waals surface area (Å²) in [4.78, 5) is 12.7. The van der Waals surface area contributed by atoms with Crippen molar-refractivity contribution in [1.82, 2.24) is 5.32 Å². The van der Waals surface area contributed by atoms with E-state index in [1.807, 2.05) is 5.38 Å². The van der Waals surface area contributed by atoms with Crippen LogP contribution in [0.3, 0.4) is 0 Å². The van der Waals surface area contributed by atoms with Crippen LogP contribution in [0.2, 0.25) is 0 Å². The van der Waals surface area contributed by atoms with E-state index in [1.54, 1.807) is 6.07 Å². The summed E-state index contributed by atoms with van der Waals surface area (Å²) >= 11 is 1.42. The SMILES string of the molecule is Nc1ccsc1C(=O)NC1CCCCCCC1. The van der Waals surface area contributed by atoms with E-state index in [0.717, 1.165) is 12.8 Å². The third-order valence-corrected chi connectivity index (χ3v) is 4.27. The number of anilines is 1. The molecule has 0 atom stereocenters. The van der Waals surface area contributed by atoms with Crippen LogP contribution in [0.25, 0.3) is 0 Å². The van der Waals surface area contributed by atoms with Gasteiger partial charge >= 0.3 is 0 Å². The average Bonchev–Trinajstić information content (AvgIpc) is 2.68. The fourth-order valence-electron chi connectivity index (χ4n) is 2.36. The van der Waals surface area contributed by atoms with E-state index < -0.39 is 0 Å². The van der Waals surface area contributed by atoms with Crippen molar-refractivity contribution < 1.29 is 4.79 Å². The molecule has 0 bridgehead atoms. The first-order valence-electron chi connectivity index (χ1n) is 6.41. The summed E-state index contributed by atoms with van der Waals surface area (Å²) in [6, 6.07) is 2.13. The maximum atomic E-state index is 12.0. The van der Waals surface area contributed by atoms with E-state index in [4.69, 9.17) is 5.73 Å². The molecule has 1 heterocycles. The number of thiophene rings is 1. The Balaban J connectivity index is 1.91. The molecule has 1 fully saturated rings. The van der Waals surface area contributed by atoms with Crippen LogP contribution in [0.4, 0.5) is 5.69 Å². The van der Waals surface area contributed by atoms with E-state index in [-0.39, 0.29) is 5.91 Å². The predicted molar refractivity (Wildman–Crippen MR) is 72.3 cm³/mol. The number of amides is 1. The Hall–Kier alpha value is -1.03. The van der Waals surface area contributed by atoms with Crippen LogP contribution < -0.4 is 11.1 Å². The lowest BCUT2D eigenvalue weighted by Crippen LogP contribution is -2.35. The lowest BCUT2D eigenvalue weighted by atomic mass is 9.97. The number of hydrogen-bond donors (Lipinski definition) is 2. The first-order valence-corrected chi connectivity index (χ1v) is 7.29. The van der Waals surface area contributed by atoms with Gasteiger partial charge < -0.3 is 11.1 Å². The zero-order valence-electron chi connectivity index (χ0n) is 10.1. The number of nitrogens with two attached hydrogens (primary N) is 1. The first-order chi connectivity index (χ1) is 8.27. The van der Waals surface area contributed by atoms with Crippen molar-refractivity contribution >= 4 is 22.9 Å². The lowest BCUT2D eigenvalue weighted by Gasteiger charge is -2.20. The standard InChI is InChI=1S/C13H20N2OS/c14-11-8-9-17-12(11)13(16)15-10-6-4-2-1-3-5-7-10/h8-10H,1-7,14H2,(H,15,16). The number of nitrogen functional groups attached to an aromatic ring is 1. The molecule has 0 spiro atoms. The minimum atomic E-state index is 0.00285. The molecule has 0 unspecified atom stereocenters. The largest absolute Gasteiger partial charge is 0.397 e. The topological polar surface area (TPSA) is 55.1 Å². The van der Waals surface area contributed by atoms with Crippen molar-refractivity contribution in [1.29, 1.82) is 0 Å². The molecule has 1 aliphatic carbocycles. The molecule has 0 saturated heterocycles. The maximum Gasteiger partial charge on any atom is 0.263 e. The Morgan fingerprint density at radius 2 is 1.88 bits per heavy atom. The minimum absolute atomic E-state index is 0.00285. The highest BCUT2D eigenvalue weighted by Crippen LogP contribution is 2.21. The van der Waals surface area contributed by atoms with E-state index in [2.05, 4.69) is 5.32 Å². The van der Waals surface area contributed by atoms with Crippen molar-refractivity contribution in [2.24, 2.45) is 0 Å². The lowest BCUT2D eigenvalue weighted by molar-refractivity contribution is 0.0935. The molecule has 1 aromatic rings. The fourth-order valence-corrected chi connectivity index (χ4v) is 3.08. The first kappa shape index (κ1) is 12.4. The Bertz CT molecular complexity index is 367. The summed E-state index contributed by atoms with van der Waals surface area (Å²) in [6.45, 7) is 0. The van der Waals surface area contributed by atoms with E-state index in [0.29, 0.717) is 16.6 Å². The second-order valence-electron chi connectivity index (χ2n) is 4.72. The highest BCUT2D eigenvalue weighted by atomic mass is 32.1. The Morgan fingerprint density at radius 3 is 2.47 bits per heavy atom. The van der Waals surface area contributed by atoms with Crippen molar-refractivity contribution in [3.05, 3.63) is 16.3 Å². The van der Waals surface area contributed by atoms with Gasteiger partial charge in [-0.2, -0.15) is 0 Å². The summed E-state index contributed by atoms with van der Waals surface area (Å²) in [5, 5.41) is 4.98. The van der Waals surface area contributed by atoms with Gasteiger partial charge in [-0.05, 0) is 24.3 Å². The van der Waals surface area contributed by atoms with Gasteiger partial charge in [0.25, 0.3) is 5.91 Å². The van der Waals surface area contributed by atoms with E-state index in [9.17, 15) is 4.79 Å². The molecular formula is C13H20N2OS. The van der Waals surface area contributed by atoms with Gasteiger partial charge in [0, 0.05) is 6.04 Å². The second-order valence-corrected chi connectivity index (χ2v) is 5.64. The summed E-state index contributed by atoms with van der Waals surface area (Å²) in [5.74, 6) is 0.00285. The predicted octanol–water partition coefficient (Wildman–Crippen LogP) is 3.17. The van der Waals surface area contributed by atoms with Crippen molar-refractivity contribution in [3.63, 3.8) is 0 Å². The molecule has 1 amide bonds. The van der Waals surface area contributed by atoms with Crippen LogP contribution in [0.5, 0.6) is 0 Å². The third-order valence-electron chi connectivity index (χ3n) is 3.34. The quantitative estimate of drug-likeness (QED) is 0.849. The van der Waals surface area contributed by atoms with Crippen molar-refractivity contribution in [2.45, 2.75) is 51.0 Å². The highest BCUT2D eigenvalue weighted by Gasteiger charge is 2.17. The molecular weight excluding hydrogens is 232 g/mol. The van der Waals surface area contributed by atoms with Gasteiger partial charge in [0.05, 0.1) is 5.69 Å². The molecule has 1 saturated carbocycles. The average molecular weight is 252 g/mol. The second kappa shape index (κ2) is 6.05. The van der Waals surface area contributed by atoms with Gasteiger partial charge in [0.1, 0.15) is 4.88 Å². The third kappa shape index (κ3) is 3.46. The van der Waals surface area contributed by atoms with E-state index >= 15 is 0 Å². The molecule has 1 aromatic heterocycles. The molecule has 1 aliphatic rings. The Morgan fingerprint density at radius 1 is 1.24 bits per heavy atom.